The zero-order valence-electron chi connectivity index (χ0n) is 11.6. The van der Waals surface area contributed by atoms with E-state index in [1.54, 1.807) is 13.8 Å². The van der Waals surface area contributed by atoms with Gasteiger partial charge in [-0.05, 0) is 13.8 Å². The van der Waals surface area contributed by atoms with Gasteiger partial charge in [-0.25, -0.2) is 9.59 Å². The van der Waals surface area contributed by atoms with Crippen molar-refractivity contribution in [3.63, 3.8) is 0 Å². The highest BCUT2D eigenvalue weighted by molar-refractivity contribution is 5.87. The molecule has 0 spiro atoms. The van der Waals surface area contributed by atoms with Crippen LogP contribution in [0, 0.1) is 0 Å². The van der Waals surface area contributed by atoms with Crippen molar-refractivity contribution >= 4 is 11.9 Å². The van der Waals surface area contributed by atoms with Gasteiger partial charge in [0.05, 0.1) is 13.2 Å². The Bertz CT molecular complexity index is 413. The third-order valence-electron chi connectivity index (χ3n) is 3.18. The topological polar surface area (TPSA) is 71.1 Å². The van der Waals surface area contributed by atoms with E-state index in [0.29, 0.717) is 11.1 Å². The van der Waals surface area contributed by atoms with Gasteiger partial charge in [0.1, 0.15) is 12.2 Å². The van der Waals surface area contributed by atoms with E-state index in [1.807, 2.05) is 0 Å². The van der Waals surface area contributed by atoms with Crippen LogP contribution in [-0.4, -0.2) is 49.6 Å². The number of carbonyl (C=O) groups is 2. The normalized spacial score (nSPS) is 31.5. The SMILES string of the molecule is C=C(C)C(=O)OC1CO[C@H]2[C@@H]1OC[C@H]2OC(=O)C(=C)C. The van der Waals surface area contributed by atoms with E-state index in [-0.39, 0.29) is 13.2 Å². The Morgan fingerprint density at radius 3 is 1.55 bits per heavy atom. The van der Waals surface area contributed by atoms with Crippen LogP contribution in [-0.2, 0) is 28.5 Å². The van der Waals surface area contributed by atoms with Gasteiger partial charge in [-0.1, -0.05) is 13.2 Å². The Labute approximate surface area is 117 Å². The van der Waals surface area contributed by atoms with E-state index >= 15 is 0 Å². The number of fused-ring (bicyclic) bond motifs is 1. The summed E-state index contributed by atoms with van der Waals surface area (Å²) in [5.41, 5.74) is 0.633. The maximum Gasteiger partial charge on any atom is 0.333 e. The zero-order chi connectivity index (χ0) is 14.9. The molecule has 0 aromatic rings. The fourth-order valence-corrected chi connectivity index (χ4v) is 2.11. The Morgan fingerprint density at radius 1 is 0.900 bits per heavy atom. The molecule has 0 N–H and O–H groups in total. The first-order valence-corrected chi connectivity index (χ1v) is 6.36. The van der Waals surface area contributed by atoms with Crippen LogP contribution in [0.3, 0.4) is 0 Å². The monoisotopic (exact) mass is 282 g/mol. The lowest BCUT2D eigenvalue weighted by atomic mass is 10.1. The molecule has 0 bridgehead atoms. The number of esters is 2. The summed E-state index contributed by atoms with van der Waals surface area (Å²) in [5, 5.41) is 0. The summed E-state index contributed by atoms with van der Waals surface area (Å²) in [6, 6.07) is 0. The van der Waals surface area contributed by atoms with Crippen molar-refractivity contribution in [2.24, 2.45) is 0 Å². The van der Waals surface area contributed by atoms with Gasteiger partial charge in [0.15, 0.2) is 12.2 Å². The molecule has 2 heterocycles. The standard InChI is InChI=1S/C14H18O6/c1-7(2)13(15)19-9-5-17-12-10(6-18-11(9)12)20-14(16)8(3)4/h9-12H,1,3,5-6H2,2,4H3/t9-,10?,11-,12-/m1/s1. The molecule has 2 aliphatic rings. The maximum atomic E-state index is 11.5. The average molecular weight is 282 g/mol. The van der Waals surface area contributed by atoms with E-state index in [2.05, 4.69) is 13.2 Å². The summed E-state index contributed by atoms with van der Waals surface area (Å²) in [6.45, 7) is 10.6. The molecule has 0 saturated carbocycles. The van der Waals surface area contributed by atoms with Gasteiger partial charge in [-0.3, -0.25) is 0 Å². The molecule has 2 saturated heterocycles. The lowest BCUT2D eigenvalue weighted by molar-refractivity contribution is -0.150. The van der Waals surface area contributed by atoms with Crippen LogP contribution in [0.5, 0.6) is 0 Å². The Hall–Kier alpha value is -1.66. The van der Waals surface area contributed by atoms with Crippen LogP contribution in [0.15, 0.2) is 24.3 Å². The Morgan fingerprint density at radius 2 is 1.25 bits per heavy atom. The summed E-state index contributed by atoms with van der Waals surface area (Å²) >= 11 is 0. The first-order chi connectivity index (χ1) is 9.40. The molecular weight excluding hydrogens is 264 g/mol. The predicted octanol–water partition coefficient (Wildman–Crippen LogP) is 0.760. The number of hydrogen-bond acceptors (Lipinski definition) is 6. The van der Waals surface area contributed by atoms with Crippen molar-refractivity contribution < 1.29 is 28.5 Å². The van der Waals surface area contributed by atoms with Crippen molar-refractivity contribution in [1.82, 2.24) is 0 Å². The fourth-order valence-electron chi connectivity index (χ4n) is 2.11. The van der Waals surface area contributed by atoms with Crippen LogP contribution < -0.4 is 0 Å². The predicted molar refractivity (Wildman–Crippen MR) is 68.9 cm³/mol. The summed E-state index contributed by atoms with van der Waals surface area (Å²) < 4.78 is 21.5. The zero-order valence-corrected chi connectivity index (χ0v) is 11.6. The minimum atomic E-state index is -0.502. The summed E-state index contributed by atoms with van der Waals surface area (Å²) in [4.78, 5) is 23.0. The molecule has 0 aliphatic carbocycles. The molecule has 0 aromatic carbocycles. The molecule has 0 radical (unpaired) electrons. The third kappa shape index (κ3) is 2.91. The summed E-state index contributed by atoms with van der Waals surface area (Å²) in [7, 11) is 0. The lowest BCUT2D eigenvalue weighted by Crippen LogP contribution is -2.36. The quantitative estimate of drug-likeness (QED) is 0.560. The average Bonchev–Trinajstić information content (AvgIpc) is 2.93. The highest BCUT2D eigenvalue weighted by Gasteiger charge is 2.51. The summed E-state index contributed by atoms with van der Waals surface area (Å²) in [5.74, 6) is -0.963. The van der Waals surface area contributed by atoms with Crippen molar-refractivity contribution in [3.8, 4) is 0 Å². The van der Waals surface area contributed by atoms with Gasteiger partial charge in [-0.2, -0.15) is 0 Å². The largest absolute Gasteiger partial charge is 0.454 e. The summed E-state index contributed by atoms with van der Waals surface area (Å²) in [6.07, 6.45) is -1.84. The van der Waals surface area contributed by atoms with E-state index in [1.165, 1.54) is 0 Å². The molecule has 110 valence electrons. The fraction of sp³-hybridized carbons (Fsp3) is 0.571. The van der Waals surface area contributed by atoms with Crippen LogP contribution in [0.4, 0.5) is 0 Å². The first-order valence-electron chi connectivity index (χ1n) is 6.36. The molecule has 2 rings (SSSR count). The highest BCUT2D eigenvalue weighted by Crippen LogP contribution is 2.31. The van der Waals surface area contributed by atoms with Crippen LogP contribution in [0.25, 0.3) is 0 Å². The smallest absolute Gasteiger partial charge is 0.333 e. The molecule has 6 nitrogen and oxygen atoms in total. The molecule has 1 unspecified atom stereocenters. The second kappa shape index (κ2) is 5.76. The molecule has 0 amide bonds. The molecule has 4 atom stereocenters. The van der Waals surface area contributed by atoms with Gasteiger partial charge in [0.2, 0.25) is 0 Å². The van der Waals surface area contributed by atoms with E-state index in [0.717, 1.165) is 0 Å². The van der Waals surface area contributed by atoms with E-state index in [9.17, 15) is 9.59 Å². The van der Waals surface area contributed by atoms with Gasteiger partial charge in [0.25, 0.3) is 0 Å². The lowest BCUT2D eigenvalue weighted by Gasteiger charge is -2.17. The van der Waals surface area contributed by atoms with Crippen molar-refractivity contribution in [3.05, 3.63) is 24.3 Å². The minimum absolute atomic E-state index is 0.218. The van der Waals surface area contributed by atoms with Crippen LogP contribution in [0.1, 0.15) is 13.8 Å². The molecule has 2 fully saturated rings. The third-order valence-corrected chi connectivity index (χ3v) is 3.18. The minimum Gasteiger partial charge on any atom is -0.454 e. The maximum absolute atomic E-state index is 11.5. The van der Waals surface area contributed by atoms with Crippen molar-refractivity contribution in [2.75, 3.05) is 13.2 Å². The van der Waals surface area contributed by atoms with Gasteiger partial charge in [0, 0.05) is 11.1 Å². The number of ether oxygens (including phenoxy) is 4. The second-order valence-corrected chi connectivity index (χ2v) is 5.04. The van der Waals surface area contributed by atoms with E-state index < -0.39 is 36.4 Å². The van der Waals surface area contributed by atoms with Gasteiger partial charge in [-0.15, -0.1) is 0 Å². The van der Waals surface area contributed by atoms with Crippen LogP contribution in [0.2, 0.25) is 0 Å². The van der Waals surface area contributed by atoms with Crippen LogP contribution >= 0.6 is 0 Å². The van der Waals surface area contributed by atoms with Gasteiger partial charge >= 0.3 is 11.9 Å². The number of carbonyl (C=O) groups excluding carboxylic acids is 2. The van der Waals surface area contributed by atoms with Gasteiger partial charge < -0.3 is 18.9 Å². The molecule has 0 aromatic heterocycles. The molecular formula is C14H18O6. The highest BCUT2D eigenvalue weighted by atomic mass is 16.7. The molecule has 6 heteroatoms. The van der Waals surface area contributed by atoms with Crippen molar-refractivity contribution in [2.45, 2.75) is 38.3 Å². The van der Waals surface area contributed by atoms with E-state index in [4.69, 9.17) is 18.9 Å². The number of hydrogen-bond donors (Lipinski definition) is 0. The number of rotatable bonds is 4. The Kier molecular flexibility index (Phi) is 4.25. The Balaban J connectivity index is 1.94. The molecule has 20 heavy (non-hydrogen) atoms. The molecule has 2 aliphatic heterocycles. The van der Waals surface area contributed by atoms with Crippen molar-refractivity contribution in [1.29, 1.82) is 0 Å². The second-order valence-electron chi connectivity index (χ2n) is 5.04. The first kappa shape index (κ1) is 14.7.